The van der Waals surface area contributed by atoms with E-state index in [4.69, 9.17) is 0 Å². The summed E-state index contributed by atoms with van der Waals surface area (Å²) in [5, 5.41) is 6.11. The summed E-state index contributed by atoms with van der Waals surface area (Å²) >= 11 is 1.72. The molecule has 3 N–H and O–H groups in total. The van der Waals surface area contributed by atoms with E-state index in [-0.39, 0.29) is 46.7 Å². The maximum Gasteiger partial charge on any atom is 0.234 e. The van der Waals surface area contributed by atoms with Crippen molar-refractivity contribution in [2.75, 3.05) is 36.4 Å². The number of hydrogen-bond donors (Lipinski definition) is 3. The van der Waals surface area contributed by atoms with Crippen LogP contribution in [0.5, 0.6) is 0 Å². The van der Waals surface area contributed by atoms with Crippen molar-refractivity contribution in [3.8, 4) is 0 Å². The van der Waals surface area contributed by atoms with Crippen molar-refractivity contribution in [1.29, 1.82) is 0 Å². The number of guanidine groups is 1. The second kappa shape index (κ2) is 11.9. The lowest BCUT2D eigenvalue weighted by Gasteiger charge is -2.20. The number of thioether (sulfide) groups is 1. The SMILES string of the molecule is CCNC(=NCC(C)(C)SC)NCCS(=O)(=O)Nc1ccc(C)c(F)c1.I. The lowest BCUT2D eigenvalue weighted by molar-refractivity contribution is 0.599. The topological polar surface area (TPSA) is 82.6 Å². The maximum absolute atomic E-state index is 13.5. The van der Waals surface area contributed by atoms with Gasteiger partial charge >= 0.3 is 0 Å². The van der Waals surface area contributed by atoms with Crippen LogP contribution in [0.1, 0.15) is 26.3 Å². The second-order valence-electron chi connectivity index (χ2n) is 6.47. The van der Waals surface area contributed by atoms with E-state index < -0.39 is 15.8 Å². The van der Waals surface area contributed by atoms with E-state index in [2.05, 4.69) is 34.2 Å². The molecule has 0 aliphatic carbocycles. The predicted octanol–water partition coefficient (Wildman–Crippen LogP) is 3.19. The van der Waals surface area contributed by atoms with Gasteiger partial charge in [-0.3, -0.25) is 9.71 Å². The Hall–Kier alpha value is -0.750. The lowest BCUT2D eigenvalue weighted by atomic mass is 10.2. The molecule has 0 radical (unpaired) electrons. The molecular weight excluding hydrogens is 502 g/mol. The molecule has 156 valence electrons. The smallest absolute Gasteiger partial charge is 0.234 e. The highest BCUT2D eigenvalue weighted by Gasteiger charge is 2.16. The first-order chi connectivity index (χ1) is 12.1. The molecule has 0 fully saturated rings. The van der Waals surface area contributed by atoms with Gasteiger partial charge in [0.2, 0.25) is 10.0 Å². The molecule has 0 atom stereocenters. The summed E-state index contributed by atoms with van der Waals surface area (Å²) < 4.78 is 40.2. The van der Waals surface area contributed by atoms with Gasteiger partial charge in [0.15, 0.2) is 5.96 Å². The number of aliphatic imine (C=N–C) groups is 1. The average molecular weight is 532 g/mol. The van der Waals surface area contributed by atoms with Crippen LogP contribution in [0.15, 0.2) is 23.2 Å². The molecule has 0 amide bonds. The Balaban J connectivity index is 0.00000676. The molecule has 0 aliphatic heterocycles. The van der Waals surface area contributed by atoms with E-state index in [0.717, 1.165) is 0 Å². The summed E-state index contributed by atoms with van der Waals surface area (Å²) in [4.78, 5) is 4.49. The number of benzene rings is 1. The van der Waals surface area contributed by atoms with E-state index in [1.807, 2.05) is 13.2 Å². The summed E-state index contributed by atoms with van der Waals surface area (Å²) in [7, 11) is -3.59. The fraction of sp³-hybridized carbons (Fsp3) is 0.588. The molecule has 0 aliphatic rings. The molecule has 0 heterocycles. The maximum atomic E-state index is 13.5. The first kappa shape index (κ1) is 26.2. The van der Waals surface area contributed by atoms with Gasteiger partial charge in [-0.1, -0.05) is 6.07 Å². The van der Waals surface area contributed by atoms with Crippen LogP contribution >= 0.6 is 35.7 Å². The average Bonchev–Trinajstić information content (AvgIpc) is 2.55. The number of hydrogen-bond acceptors (Lipinski definition) is 4. The molecule has 0 spiro atoms. The normalized spacial score (nSPS) is 12.3. The third-order valence-corrected chi connectivity index (χ3v) is 6.15. The van der Waals surface area contributed by atoms with Crippen LogP contribution in [0.3, 0.4) is 0 Å². The molecule has 27 heavy (non-hydrogen) atoms. The quantitative estimate of drug-likeness (QED) is 0.259. The molecular formula is C17H30FIN4O2S2. The molecule has 0 saturated carbocycles. The molecule has 1 aromatic carbocycles. The Morgan fingerprint density at radius 1 is 1.30 bits per heavy atom. The first-order valence-corrected chi connectivity index (χ1v) is 11.3. The molecule has 0 unspecified atom stereocenters. The van der Waals surface area contributed by atoms with Crippen molar-refractivity contribution in [3.05, 3.63) is 29.6 Å². The fourth-order valence-corrected chi connectivity index (χ4v) is 3.02. The number of rotatable bonds is 9. The fourth-order valence-electron chi connectivity index (χ4n) is 1.87. The Morgan fingerprint density at radius 2 is 1.96 bits per heavy atom. The Bertz CT molecular complexity index is 728. The van der Waals surface area contributed by atoms with Gasteiger partial charge in [-0.05, 0) is 51.6 Å². The summed E-state index contributed by atoms with van der Waals surface area (Å²) in [6.45, 7) is 9.24. The third-order valence-electron chi connectivity index (χ3n) is 3.62. The number of nitrogens with zero attached hydrogens (tertiary/aromatic N) is 1. The number of nitrogens with one attached hydrogen (secondary N) is 3. The summed E-state index contributed by atoms with van der Waals surface area (Å²) in [6, 6.07) is 4.25. The monoisotopic (exact) mass is 532 g/mol. The molecule has 0 saturated heterocycles. The van der Waals surface area contributed by atoms with Crippen LogP contribution in [0, 0.1) is 12.7 Å². The first-order valence-electron chi connectivity index (χ1n) is 8.42. The van der Waals surface area contributed by atoms with Gasteiger partial charge in [0.05, 0.1) is 18.0 Å². The Kier molecular flexibility index (Phi) is 11.6. The molecule has 10 heteroatoms. The van der Waals surface area contributed by atoms with Gasteiger partial charge in [0.1, 0.15) is 5.82 Å². The highest BCUT2D eigenvalue weighted by atomic mass is 127. The zero-order valence-electron chi connectivity index (χ0n) is 16.4. The summed E-state index contributed by atoms with van der Waals surface area (Å²) in [5.74, 6) is -0.0220. The van der Waals surface area contributed by atoms with Crippen molar-refractivity contribution in [1.82, 2.24) is 10.6 Å². The number of sulfonamides is 1. The van der Waals surface area contributed by atoms with Crippen molar-refractivity contribution in [2.24, 2.45) is 4.99 Å². The van der Waals surface area contributed by atoms with Crippen LogP contribution in [-0.2, 0) is 10.0 Å². The van der Waals surface area contributed by atoms with Gasteiger partial charge in [-0.2, -0.15) is 11.8 Å². The molecule has 1 aromatic rings. The largest absolute Gasteiger partial charge is 0.357 e. The Labute approximate surface area is 183 Å². The van der Waals surface area contributed by atoms with E-state index in [0.29, 0.717) is 24.6 Å². The third kappa shape index (κ3) is 10.4. The highest BCUT2D eigenvalue weighted by molar-refractivity contribution is 14.0. The van der Waals surface area contributed by atoms with E-state index in [9.17, 15) is 12.8 Å². The summed E-state index contributed by atoms with van der Waals surface area (Å²) in [6.07, 6.45) is 2.03. The molecule has 1 rings (SSSR count). The number of aryl methyl sites for hydroxylation is 1. The van der Waals surface area contributed by atoms with Crippen molar-refractivity contribution in [2.45, 2.75) is 32.4 Å². The van der Waals surface area contributed by atoms with Crippen molar-refractivity contribution >= 4 is 57.4 Å². The molecule has 6 nitrogen and oxygen atoms in total. The minimum Gasteiger partial charge on any atom is -0.357 e. The van der Waals surface area contributed by atoms with Crippen LogP contribution < -0.4 is 15.4 Å². The van der Waals surface area contributed by atoms with Gasteiger partial charge in [-0.15, -0.1) is 24.0 Å². The van der Waals surface area contributed by atoms with Crippen LogP contribution in [-0.4, -0.2) is 50.8 Å². The zero-order chi connectivity index (χ0) is 19.8. The van der Waals surface area contributed by atoms with Gasteiger partial charge < -0.3 is 10.6 Å². The second-order valence-corrected chi connectivity index (χ2v) is 9.83. The van der Waals surface area contributed by atoms with Crippen LogP contribution in [0.25, 0.3) is 0 Å². The minimum absolute atomic E-state index is 0. The highest BCUT2D eigenvalue weighted by Crippen LogP contribution is 2.21. The van der Waals surface area contributed by atoms with Gasteiger partial charge in [-0.25, -0.2) is 12.8 Å². The Morgan fingerprint density at radius 3 is 2.52 bits per heavy atom. The minimum atomic E-state index is -3.59. The standard InChI is InChI=1S/C17H29FN4O2S2.HI/c1-6-19-16(21-12-17(3,4)25-5)20-9-10-26(23,24)22-14-8-7-13(2)15(18)11-14;/h7-8,11,22H,6,9-10,12H2,1-5H3,(H2,19,20,21);1H. The van der Waals surface area contributed by atoms with E-state index in [1.165, 1.54) is 12.1 Å². The van der Waals surface area contributed by atoms with Crippen molar-refractivity contribution < 1.29 is 12.8 Å². The lowest BCUT2D eigenvalue weighted by Crippen LogP contribution is -2.41. The zero-order valence-corrected chi connectivity index (χ0v) is 20.4. The predicted molar refractivity (Wildman–Crippen MR) is 126 cm³/mol. The van der Waals surface area contributed by atoms with E-state index in [1.54, 1.807) is 24.8 Å². The van der Waals surface area contributed by atoms with Crippen LogP contribution in [0.4, 0.5) is 10.1 Å². The van der Waals surface area contributed by atoms with E-state index >= 15 is 0 Å². The molecule has 0 aromatic heterocycles. The van der Waals surface area contributed by atoms with Gasteiger partial charge in [0, 0.05) is 17.8 Å². The molecule has 0 bridgehead atoms. The number of anilines is 1. The number of halogens is 2. The van der Waals surface area contributed by atoms with Crippen molar-refractivity contribution in [3.63, 3.8) is 0 Å². The summed E-state index contributed by atoms with van der Waals surface area (Å²) in [5.41, 5.74) is 0.685. The van der Waals surface area contributed by atoms with Gasteiger partial charge in [0.25, 0.3) is 0 Å². The van der Waals surface area contributed by atoms with Crippen LogP contribution in [0.2, 0.25) is 0 Å².